The van der Waals surface area contributed by atoms with E-state index in [-0.39, 0.29) is 72.7 Å². The number of esters is 1. The van der Waals surface area contributed by atoms with Gasteiger partial charge in [-0.1, -0.05) is 18.2 Å². The standard InChI is InChI=1S/C55H82O25/c1-12-13-14-15-41(60)71-21-37(58)28(5)73-23-70-20-36(57)27(4)74-24-75-39-18-34-16-33-17-35(51(69-11)50(66)46(62)26(3)56)52(49(65)44(33)48(64)43(34)45(61)25(39)2)80-42-19-40(47(63)30(7)77-42)79-32(9)76-29(6)38(59)22-72-54-55(10,68)53(67)31(8)78-54/h12-16,18,26-32,35-38,40,42,46-47,51-54,56-59,61-64,67-68H,17,19-24H2,1-11H3/b13-12+,15-14+/t26-,27?,28?,29?,30?,31?,32?,35+,36+,37+,38-,40?,42+,46+,47-,51+,52+,53-,54?,55?/m1/s1. The molecule has 0 saturated carbocycles. The van der Waals surface area contributed by atoms with Crippen LogP contribution in [0.3, 0.4) is 0 Å². The molecule has 2 fully saturated rings. The van der Waals surface area contributed by atoms with Gasteiger partial charge in [-0.05, 0) is 98.7 Å². The summed E-state index contributed by atoms with van der Waals surface area (Å²) in [5, 5.41) is 108. The Labute approximate surface area is 464 Å². The van der Waals surface area contributed by atoms with E-state index in [9.17, 15) is 65.4 Å². The molecule has 80 heavy (non-hydrogen) atoms. The SMILES string of the molecule is C/C=C/C=C/C(=O)OC[C@H](O)C(C)OCOC[C@H](O)C(C)OCOc1cc2cc3c(c(O)c2c(O)c1C)C(=O)[C@@H](O[C@H]1CC(OC(C)OC(C)[C@H](O)COC2OC(C)[C@@H](O)C2(C)O)[C@H](O)C(C)O1)[C@H]([C@H](OC)C(=O)[C@@H](O)[C@@H](C)O)C3. The molecule has 25 heteroatoms. The smallest absolute Gasteiger partial charge is 0.330 e. The summed E-state index contributed by atoms with van der Waals surface area (Å²) in [6.07, 6.45) is -16.1. The number of allylic oxidation sites excluding steroid dienone is 3. The first-order valence-electron chi connectivity index (χ1n) is 26.5. The third kappa shape index (κ3) is 16.5. The Hall–Kier alpha value is -4.33. The van der Waals surface area contributed by atoms with Crippen molar-refractivity contribution in [1.29, 1.82) is 0 Å². The van der Waals surface area contributed by atoms with E-state index in [0.29, 0.717) is 0 Å². The van der Waals surface area contributed by atoms with Crippen LogP contribution in [0.4, 0.5) is 0 Å². The highest BCUT2D eigenvalue weighted by molar-refractivity contribution is 6.11. The van der Waals surface area contributed by atoms with Crippen LogP contribution in [0.25, 0.3) is 10.8 Å². The third-order valence-corrected chi connectivity index (χ3v) is 14.5. The van der Waals surface area contributed by atoms with Crippen LogP contribution in [0.1, 0.15) is 90.2 Å². The summed E-state index contributed by atoms with van der Waals surface area (Å²) in [7, 11) is 1.17. The number of phenolic OH excluding ortho intramolecular Hbond substituents is 2. The number of Topliss-reactive ketones (excluding diaryl/α,β-unsaturated/α-hetero) is 2. The summed E-state index contributed by atoms with van der Waals surface area (Å²) < 4.78 is 68.5. The highest BCUT2D eigenvalue weighted by atomic mass is 16.7. The molecular formula is C55H82O25. The molecule has 5 rings (SSSR count). The molecule has 0 bridgehead atoms. The van der Waals surface area contributed by atoms with Crippen LogP contribution in [0.2, 0.25) is 0 Å². The quantitative estimate of drug-likeness (QED) is 0.0172. The Bertz CT molecular complexity index is 2410. The Morgan fingerprint density at radius 1 is 0.863 bits per heavy atom. The normalized spacial score (nSPS) is 29.2. The van der Waals surface area contributed by atoms with Gasteiger partial charge in [-0.3, -0.25) is 9.59 Å². The minimum atomic E-state index is -1.94. The number of rotatable bonds is 30. The minimum absolute atomic E-state index is 0.0976. The van der Waals surface area contributed by atoms with Gasteiger partial charge in [-0.2, -0.15) is 0 Å². The molecule has 0 aromatic heterocycles. The molecule has 25 nitrogen and oxygen atoms in total. The van der Waals surface area contributed by atoms with Gasteiger partial charge in [0.2, 0.25) is 0 Å². The lowest BCUT2D eigenvalue weighted by molar-refractivity contribution is -0.294. The fourth-order valence-corrected chi connectivity index (χ4v) is 9.38. The number of aliphatic hydroxyl groups is 8. The largest absolute Gasteiger partial charge is 0.507 e. The van der Waals surface area contributed by atoms with Crippen LogP contribution in [0, 0.1) is 12.8 Å². The van der Waals surface area contributed by atoms with Crippen molar-refractivity contribution in [2.45, 2.75) is 198 Å². The van der Waals surface area contributed by atoms with Crippen molar-refractivity contribution in [3.8, 4) is 17.2 Å². The van der Waals surface area contributed by atoms with Gasteiger partial charge in [-0.15, -0.1) is 0 Å². The minimum Gasteiger partial charge on any atom is -0.507 e. The van der Waals surface area contributed by atoms with Crippen LogP contribution in [-0.4, -0.2) is 225 Å². The fourth-order valence-electron chi connectivity index (χ4n) is 9.38. The lowest BCUT2D eigenvalue weighted by Crippen LogP contribution is -2.55. The van der Waals surface area contributed by atoms with Gasteiger partial charge < -0.3 is 108 Å². The maximum absolute atomic E-state index is 14.9. The second kappa shape index (κ2) is 29.8. The molecular weight excluding hydrogens is 1060 g/mol. The fraction of sp³-hybridized carbons (Fsp3) is 0.691. The number of carbonyl (C=O) groups is 3. The number of benzene rings is 2. The summed E-state index contributed by atoms with van der Waals surface area (Å²) in [4.78, 5) is 40.4. The van der Waals surface area contributed by atoms with Crippen LogP contribution in [0.5, 0.6) is 17.2 Å². The van der Waals surface area contributed by atoms with Crippen LogP contribution >= 0.6 is 0 Å². The van der Waals surface area contributed by atoms with E-state index in [1.54, 1.807) is 39.8 Å². The predicted octanol–water partition coefficient (Wildman–Crippen LogP) is 1.01. The summed E-state index contributed by atoms with van der Waals surface area (Å²) in [6.45, 7) is 13.4. The maximum Gasteiger partial charge on any atom is 0.330 e. The number of hydrogen-bond donors (Lipinski definition) is 10. The lowest BCUT2D eigenvalue weighted by Gasteiger charge is -2.42. The summed E-state index contributed by atoms with van der Waals surface area (Å²) in [5.74, 6) is -4.70. The number of phenols is 2. The molecule has 0 radical (unpaired) electrons. The molecule has 2 aliphatic heterocycles. The lowest BCUT2D eigenvalue weighted by atomic mass is 9.75. The first kappa shape index (κ1) is 66.5. The van der Waals surface area contributed by atoms with Gasteiger partial charge in [0.25, 0.3) is 0 Å². The molecule has 20 atom stereocenters. The molecule has 2 aromatic carbocycles. The summed E-state index contributed by atoms with van der Waals surface area (Å²) >= 11 is 0. The van der Waals surface area contributed by atoms with Crippen molar-refractivity contribution < 1.29 is 122 Å². The van der Waals surface area contributed by atoms with Crippen molar-refractivity contribution in [2.24, 2.45) is 5.92 Å². The van der Waals surface area contributed by atoms with Gasteiger partial charge >= 0.3 is 5.97 Å². The van der Waals surface area contributed by atoms with Crippen molar-refractivity contribution >= 4 is 28.3 Å². The molecule has 0 amide bonds. The zero-order valence-electron chi connectivity index (χ0n) is 47.0. The number of carbonyl (C=O) groups excluding carboxylic acids is 3. The van der Waals surface area contributed by atoms with E-state index in [1.165, 1.54) is 72.9 Å². The maximum atomic E-state index is 14.9. The molecule has 0 spiro atoms. The van der Waals surface area contributed by atoms with Crippen LogP contribution in [0.15, 0.2) is 36.4 Å². The Morgan fingerprint density at radius 3 is 2.14 bits per heavy atom. The number of ether oxygens (including phenoxy) is 12. The van der Waals surface area contributed by atoms with E-state index in [2.05, 4.69) is 0 Å². The highest BCUT2D eigenvalue weighted by Gasteiger charge is 2.52. The van der Waals surface area contributed by atoms with Crippen LogP contribution in [-0.2, 0) is 68.1 Å². The molecule has 10 N–H and O–H groups in total. The van der Waals surface area contributed by atoms with Gasteiger partial charge in [0.15, 0.2) is 37.2 Å². The number of aromatic hydroxyl groups is 2. The van der Waals surface area contributed by atoms with E-state index < -0.39 is 158 Å². The zero-order chi connectivity index (χ0) is 59.5. The Kier molecular flexibility index (Phi) is 24.7. The molecule has 3 aliphatic rings. The number of ketones is 2. The summed E-state index contributed by atoms with van der Waals surface area (Å²) in [6, 6.07) is 2.99. The summed E-state index contributed by atoms with van der Waals surface area (Å²) in [5.41, 5.74) is -1.67. The molecule has 2 saturated heterocycles. The van der Waals surface area contributed by atoms with Crippen molar-refractivity contribution in [3.63, 3.8) is 0 Å². The third-order valence-electron chi connectivity index (χ3n) is 14.5. The predicted molar refractivity (Wildman–Crippen MR) is 279 cm³/mol. The topological polar surface area (TPSA) is 364 Å². The molecule has 1 aliphatic carbocycles. The van der Waals surface area contributed by atoms with E-state index in [0.717, 1.165) is 0 Å². The first-order chi connectivity index (χ1) is 37.6. The number of methoxy groups -OCH3 is 1. The van der Waals surface area contributed by atoms with Gasteiger partial charge in [0.05, 0.1) is 66.9 Å². The second-order valence-electron chi connectivity index (χ2n) is 20.7. The van der Waals surface area contributed by atoms with Gasteiger partial charge in [-0.25, -0.2) is 4.79 Å². The Morgan fingerprint density at radius 2 is 1.51 bits per heavy atom. The Balaban J connectivity index is 1.27. The number of hydrogen-bond acceptors (Lipinski definition) is 25. The highest BCUT2D eigenvalue weighted by Crippen LogP contribution is 2.47. The second-order valence-corrected chi connectivity index (χ2v) is 20.7. The molecule has 2 aromatic rings. The van der Waals surface area contributed by atoms with Crippen LogP contribution < -0.4 is 4.74 Å². The van der Waals surface area contributed by atoms with E-state index >= 15 is 0 Å². The number of aliphatic hydroxyl groups excluding tert-OH is 7. The monoisotopic (exact) mass is 1140 g/mol. The van der Waals surface area contributed by atoms with Crippen molar-refractivity contribution in [2.75, 3.05) is 40.5 Å². The van der Waals surface area contributed by atoms with Gasteiger partial charge in [0, 0.05) is 31.1 Å². The molecule has 9 unspecified atom stereocenters. The number of fused-ring (bicyclic) bond motifs is 2. The average Bonchev–Trinajstić information content (AvgIpc) is 3.76. The van der Waals surface area contributed by atoms with Crippen molar-refractivity contribution in [3.05, 3.63) is 53.1 Å². The molecule has 452 valence electrons. The van der Waals surface area contributed by atoms with E-state index in [1.807, 2.05) is 0 Å². The average molecular weight is 1140 g/mol. The zero-order valence-corrected chi connectivity index (χ0v) is 47.0. The van der Waals surface area contributed by atoms with Crippen molar-refractivity contribution in [1.82, 2.24) is 0 Å². The van der Waals surface area contributed by atoms with Gasteiger partial charge in [0.1, 0.15) is 85.1 Å². The van der Waals surface area contributed by atoms with E-state index in [4.69, 9.17) is 56.8 Å². The first-order valence-corrected chi connectivity index (χ1v) is 26.5. The molecule has 2 heterocycles.